The number of anilines is 1. The number of methoxy groups -OCH3 is 1. The first-order valence-electron chi connectivity index (χ1n) is 10.9. The van der Waals surface area contributed by atoms with Crippen LogP contribution in [-0.2, 0) is 13.1 Å². The molecule has 34 heavy (non-hydrogen) atoms. The van der Waals surface area contributed by atoms with Gasteiger partial charge in [-0.25, -0.2) is 0 Å². The van der Waals surface area contributed by atoms with Crippen LogP contribution in [0.4, 0.5) is 5.69 Å². The van der Waals surface area contributed by atoms with Crippen LogP contribution in [0.3, 0.4) is 0 Å². The molecule has 174 valence electrons. The Balaban J connectivity index is 1.66. The van der Waals surface area contributed by atoms with Crippen LogP contribution in [0, 0.1) is 0 Å². The Hall–Kier alpha value is -3.91. The van der Waals surface area contributed by atoms with Crippen molar-refractivity contribution in [2.24, 2.45) is 0 Å². The summed E-state index contributed by atoms with van der Waals surface area (Å²) in [7, 11) is 1.61. The minimum absolute atomic E-state index is 0.159. The number of thiocarbonyl (C=S) groups is 1. The molecule has 2 aromatic heterocycles. The van der Waals surface area contributed by atoms with E-state index in [1.54, 1.807) is 19.5 Å². The molecule has 7 nitrogen and oxygen atoms in total. The summed E-state index contributed by atoms with van der Waals surface area (Å²) in [5, 5.41) is 4.63. The summed E-state index contributed by atoms with van der Waals surface area (Å²) in [5.41, 5.74) is 2.91. The third-order valence-corrected chi connectivity index (χ3v) is 5.66. The quantitative estimate of drug-likeness (QED) is 0.358. The molecule has 0 amide bonds. The number of ether oxygens (including phenoxy) is 2. The molecular formula is C26H26N4O3S. The van der Waals surface area contributed by atoms with Gasteiger partial charge in [0, 0.05) is 35.4 Å². The molecule has 0 bridgehead atoms. The Labute approximate surface area is 203 Å². The Morgan fingerprint density at radius 1 is 1.12 bits per heavy atom. The highest BCUT2D eigenvalue weighted by Gasteiger charge is 2.16. The van der Waals surface area contributed by atoms with Crippen LogP contribution >= 0.6 is 12.2 Å². The van der Waals surface area contributed by atoms with Crippen LogP contribution < -0.4 is 20.3 Å². The summed E-state index contributed by atoms with van der Waals surface area (Å²) in [6.07, 6.45) is 3.51. The van der Waals surface area contributed by atoms with E-state index in [1.807, 2.05) is 72.5 Å². The van der Waals surface area contributed by atoms with Crippen molar-refractivity contribution in [3.8, 4) is 11.5 Å². The topological polar surface area (TPSA) is 79.5 Å². The van der Waals surface area contributed by atoms with Gasteiger partial charge in [0.15, 0.2) is 5.11 Å². The molecule has 0 fully saturated rings. The van der Waals surface area contributed by atoms with E-state index in [-0.39, 0.29) is 5.56 Å². The lowest BCUT2D eigenvalue weighted by molar-refractivity contribution is 0.340. The summed E-state index contributed by atoms with van der Waals surface area (Å²) in [5.74, 6) is 1.44. The van der Waals surface area contributed by atoms with E-state index >= 15 is 0 Å². The summed E-state index contributed by atoms with van der Waals surface area (Å²) in [4.78, 5) is 22.0. The molecular weight excluding hydrogens is 448 g/mol. The monoisotopic (exact) mass is 474 g/mol. The minimum atomic E-state index is -0.159. The summed E-state index contributed by atoms with van der Waals surface area (Å²) < 4.78 is 11.1. The number of rotatable bonds is 8. The number of hydrogen-bond acceptors (Lipinski definition) is 5. The summed E-state index contributed by atoms with van der Waals surface area (Å²) >= 11 is 5.76. The molecule has 0 saturated heterocycles. The fourth-order valence-electron chi connectivity index (χ4n) is 3.66. The van der Waals surface area contributed by atoms with Crippen molar-refractivity contribution in [1.82, 2.24) is 14.9 Å². The van der Waals surface area contributed by atoms with Crippen molar-refractivity contribution in [2.45, 2.75) is 20.0 Å². The second kappa shape index (κ2) is 10.8. The maximum atomic E-state index is 12.9. The molecule has 0 atom stereocenters. The predicted octanol–water partition coefficient (Wildman–Crippen LogP) is 4.73. The lowest BCUT2D eigenvalue weighted by Crippen LogP contribution is -2.35. The van der Waals surface area contributed by atoms with Gasteiger partial charge in [0.25, 0.3) is 5.56 Å². The Kier molecular flexibility index (Phi) is 7.39. The minimum Gasteiger partial charge on any atom is -0.495 e. The second-order valence-corrected chi connectivity index (χ2v) is 8.04. The molecule has 0 aliphatic carbocycles. The predicted molar refractivity (Wildman–Crippen MR) is 138 cm³/mol. The van der Waals surface area contributed by atoms with E-state index in [9.17, 15) is 4.79 Å². The molecule has 2 heterocycles. The van der Waals surface area contributed by atoms with Gasteiger partial charge in [0.05, 0.1) is 25.9 Å². The Morgan fingerprint density at radius 2 is 1.97 bits per heavy atom. The van der Waals surface area contributed by atoms with E-state index in [2.05, 4.69) is 15.3 Å². The van der Waals surface area contributed by atoms with Crippen LogP contribution in [0.2, 0.25) is 0 Å². The molecule has 0 unspecified atom stereocenters. The average Bonchev–Trinajstić information content (AvgIpc) is 2.85. The Bertz CT molecular complexity index is 1340. The van der Waals surface area contributed by atoms with Gasteiger partial charge in [-0.3, -0.25) is 9.78 Å². The highest BCUT2D eigenvalue weighted by Crippen LogP contribution is 2.24. The maximum absolute atomic E-state index is 12.9. The number of hydrogen-bond donors (Lipinski definition) is 2. The van der Waals surface area contributed by atoms with Gasteiger partial charge >= 0.3 is 0 Å². The van der Waals surface area contributed by atoms with Gasteiger partial charge in [0.1, 0.15) is 11.5 Å². The number of nitrogens with zero attached hydrogens (tertiary/aromatic N) is 2. The van der Waals surface area contributed by atoms with Crippen molar-refractivity contribution >= 4 is 33.9 Å². The number of para-hydroxylation sites is 2. The lowest BCUT2D eigenvalue weighted by atomic mass is 10.1. The van der Waals surface area contributed by atoms with Crippen molar-refractivity contribution < 1.29 is 9.47 Å². The van der Waals surface area contributed by atoms with Crippen LogP contribution in [0.25, 0.3) is 10.9 Å². The molecule has 8 heteroatoms. The van der Waals surface area contributed by atoms with Crippen molar-refractivity contribution in [2.75, 3.05) is 19.0 Å². The van der Waals surface area contributed by atoms with Gasteiger partial charge in [-0.15, -0.1) is 0 Å². The van der Waals surface area contributed by atoms with E-state index in [0.29, 0.717) is 36.1 Å². The average molecular weight is 475 g/mol. The molecule has 4 rings (SSSR count). The first-order valence-corrected chi connectivity index (χ1v) is 11.3. The van der Waals surface area contributed by atoms with E-state index in [0.717, 1.165) is 27.9 Å². The normalized spacial score (nSPS) is 10.6. The number of pyridine rings is 2. The molecule has 0 aliphatic heterocycles. The highest BCUT2D eigenvalue weighted by molar-refractivity contribution is 7.80. The molecule has 0 radical (unpaired) electrons. The zero-order valence-corrected chi connectivity index (χ0v) is 19.9. The maximum Gasteiger partial charge on any atom is 0.253 e. The highest BCUT2D eigenvalue weighted by atomic mass is 32.1. The zero-order valence-electron chi connectivity index (χ0n) is 19.1. The summed E-state index contributed by atoms with van der Waals surface area (Å²) in [6.45, 7) is 3.29. The van der Waals surface area contributed by atoms with Crippen LogP contribution in [0.15, 0.2) is 77.9 Å². The van der Waals surface area contributed by atoms with Gasteiger partial charge in [-0.1, -0.05) is 18.2 Å². The first-order chi connectivity index (χ1) is 16.6. The fraction of sp³-hybridized carbons (Fsp3) is 0.192. The lowest BCUT2D eigenvalue weighted by Gasteiger charge is -2.26. The number of nitrogens with one attached hydrogen (secondary N) is 2. The number of aromatic nitrogens is 2. The van der Waals surface area contributed by atoms with E-state index in [4.69, 9.17) is 21.7 Å². The molecule has 0 spiro atoms. The van der Waals surface area contributed by atoms with E-state index in [1.165, 1.54) is 0 Å². The second-order valence-electron chi connectivity index (χ2n) is 7.65. The third kappa shape index (κ3) is 5.52. The van der Waals surface area contributed by atoms with Crippen LogP contribution in [0.5, 0.6) is 11.5 Å². The molecule has 4 aromatic rings. The standard InChI is InChI=1S/C26H26N4O3S/c1-3-33-21-10-11-22-19(14-21)13-20(25(31)28-22)17-30(16-18-7-6-12-27-15-18)26(34)29-23-8-4-5-9-24(23)32-2/h4-15H,3,16-17H2,1-2H3,(H,28,31)(H,29,34). The first kappa shape index (κ1) is 23.3. The van der Waals surface area contributed by atoms with Crippen molar-refractivity contribution in [3.05, 3.63) is 94.5 Å². The number of fused-ring (bicyclic) bond motifs is 1. The molecule has 0 saturated carbocycles. The Morgan fingerprint density at radius 3 is 2.74 bits per heavy atom. The molecule has 2 N–H and O–H groups in total. The van der Waals surface area contributed by atoms with Crippen molar-refractivity contribution in [3.63, 3.8) is 0 Å². The summed E-state index contributed by atoms with van der Waals surface area (Å²) in [6, 6.07) is 18.9. The van der Waals surface area contributed by atoms with Crippen LogP contribution in [-0.4, -0.2) is 33.7 Å². The van der Waals surface area contributed by atoms with Gasteiger partial charge in [-0.2, -0.15) is 0 Å². The van der Waals surface area contributed by atoms with Crippen LogP contribution in [0.1, 0.15) is 18.1 Å². The van der Waals surface area contributed by atoms with Gasteiger partial charge < -0.3 is 24.7 Å². The largest absolute Gasteiger partial charge is 0.495 e. The SMILES string of the molecule is CCOc1ccc2[nH]c(=O)c(CN(Cc3cccnc3)C(=S)Nc3ccccc3OC)cc2c1. The number of H-pyrrole nitrogens is 1. The smallest absolute Gasteiger partial charge is 0.253 e. The van der Waals surface area contributed by atoms with E-state index < -0.39 is 0 Å². The molecule has 2 aromatic carbocycles. The number of aromatic amines is 1. The van der Waals surface area contributed by atoms with Crippen molar-refractivity contribution in [1.29, 1.82) is 0 Å². The fourth-order valence-corrected chi connectivity index (χ4v) is 3.90. The molecule has 0 aliphatic rings. The van der Waals surface area contributed by atoms with Gasteiger partial charge in [-0.05, 0) is 67.2 Å². The van der Waals surface area contributed by atoms with Gasteiger partial charge in [0.2, 0.25) is 0 Å². The zero-order chi connectivity index (χ0) is 23.9. The number of benzene rings is 2. The third-order valence-electron chi connectivity index (χ3n) is 5.30.